The van der Waals surface area contributed by atoms with Crippen LogP contribution in [0.4, 0.5) is 5.69 Å². The molecule has 0 aromatic heterocycles. The van der Waals surface area contributed by atoms with Crippen LogP contribution in [0.25, 0.3) is 0 Å². The maximum absolute atomic E-state index is 11.7. The predicted octanol–water partition coefficient (Wildman–Crippen LogP) is 0.00280. The molecule has 0 aliphatic rings. The van der Waals surface area contributed by atoms with Gasteiger partial charge in [0.2, 0.25) is 0 Å². The fourth-order valence-electron chi connectivity index (χ4n) is 1.68. The molecule has 1 aromatic rings. The Bertz CT molecular complexity index is 517. The molecule has 0 atom stereocenters. The highest BCUT2D eigenvalue weighted by Crippen LogP contribution is 2.13. The third-order valence-electron chi connectivity index (χ3n) is 2.77. The number of amides is 3. The summed E-state index contributed by atoms with van der Waals surface area (Å²) in [6, 6.07) is 6.18. The van der Waals surface area contributed by atoms with Crippen molar-refractivity contribution in [1.29, 1.82) is 0 Å². The number of carbonyl (C=O) groups is 3. The van der Waals surface area contributed by atoms with Crippen LogP contribution in [-0.2, 0) is 9.59 Å². The summed E-state index contributed by atoms with van der Waals surface area (Å²) in [5.41, 5.74) is 5.52. The molecule has 0 fully saturated rings. The zero-order chi connectivity index (χ0) is 15.7. The number of unbranched alkanes of at least 4 members (excludes halogenated alkanes) is 2. The normalized spacial score (nSPS) is 9.95. The highest BCUT2D eigenvalue weighted by atomic mass is 16.3. The number of hydrogen-bond acceptors (Lipinski definition) is 4. The second-order valence-electron chi connectivity index (χ2n) is 4.40. The molecule has 3 amide bonds. The summed E-state index contributed by atoms with van der Waals surface area (Å²) < 4.78 is 0. The standard InChI is InChI=1S/C14H19N3O4/c15-12(19)10-6-2-3-7-11(10)17-14(21)13(20)16-8-4-1-5-9-18/h2-3,6-7,18H,1,4-5,8-9H2,(H2,15,19)(H,16,20)(H,17,21). The maximum atomic E-state index is 11.7. The van der Waals surface area contributed by atoms with E-state index in [4.69, 9.17) is 10.8 Å². The summed E-state index contributed by atoms with van der Waals surface area (Å²) in [4.78, 5) is 34.5. The van der Waals surface area contributed by atoms with Crippen LogP contribution in [-0.4, -0.2) is 36.0 Å². The lowest BCUT2D eigenvalue weighted by Crippen LogP contribution is -2.36. The first kappa shape index (κ1) is 16.6. The van der Waals surface area contributed by atoms with Crippen LogP contribution in [0.5, 0.6) is 0 Å². The first-order valence-electron chi connectivity index (χ1n) is 6.65. The van der Waals surface area contributed by atoms with Crippen LogP contribution in [0.3, 0.4) is 0 Å². The van der Waals surface area contributed by atoms with Crippen molar-refractivity contribution in [2.45, 2.75) is 19.3 Å². The minimum absolute atomic E-state index is 0.109. The average molecular weight is 293 g/mol. The first-order chi connectivity index (χ1) is 10.1. The highest BCUT2D eigenvalue weighted by Gasteiger charge is 2.16. The lowest BCUT2D eigenvalue weighted by molar-refractivity contribution is -0.136. The van der Waals surface area contributed by atoms with Gasteiger partial charge < -0.3 is 21.5 Å². The van der Waals surface area contributed by atoms with Gasteiger partial charge in [-0.25, -0.2) is 0 Å². The molecule has 0 saturated carbocycles. The zero-order valence-corrected chi connectivity index (χ0v) is 11.6. The number of benzene rings is 1. The topological polar surface area (TPSA) is 122 Å². The number of aliphatic hydroxyl groups is 1. The van der Waals surface area contributed by atoms with Crippen molar-refractivity contribution < 1.29 is 19.5 Å². The summed E-state index contributed by atoms with van der Waals surface area (Å²) in [6.45, 7) is 0.460. The van der Waals surface area contributed by atoms with Crippen molar-refractivity contribution in [3.8, 4) is 0 Å². The van der Waals surface area contributed by atoms with Gasteiger partial charge >= 0.3 is 11.8 Å². The molecule has 0 heterocycles. The number of rotatable bonds is 7. The zero-order valence-electron chi connectivity index (χ0n) is 11.6. The Hall–Kier alpha value is -2.41. The minimum atomic E-state index is -0.856. The smallest absolute Gasteiger partial charge is 0.313 e. The Morgan fingerprint density at radius 1 is 1.05 bits per heavy atom. The van der Waals surface area contributed by atoms with Crippen molar-refractivity contribution in [2.75, 3.05) is 18.5 Å². The van der Waals surface area contributed by atoms with E-state index in [1.165, 1.54) is 12.1 Å². The number of primary amides is 1. The van der Waals surface area contributed by atoms with Crippen molar-refractivity contribution in [2.24, 2.45) is 5.73 Å². The Labute approximate surface area is 122 Å². The van der Waals surface area contributed by atoms with E-state index in [-0.39, 0.29) is 17.9 Å². The van der Waals surface area contributed by atoms with E-state index in [0.29, 0.717) is 19.4 Å². The van der Waals surface area contributed by atoms with Crippen molar-refractivity contribution in [1.82, 2.24) is 5.32 Å². The summed E-state index contributed by atoms with van der Waals surface area (Å²) in [5.74, 6) is -2.32. The third-order valence-corrected chi connectivity index (χ3v) is 2.77. The molecule has 1 aromatic carbocycles. The lowest BCUT2D eigenvalue weighted by atomic mass is 10.1. The minimum Gasteiger partial charge on any atom is -0.396 e. The average Bonchev–Trinajstić information content (AvgIpc) is 2.47. The van der Waals surface area contributed by atoms with E-state index in [1.807, 2.05) is 0 Å². The molecule has 7 nitrogen and oxygen atoms in total. The number of para-hydroxylation sites is 1. The second-order valence-corrected chi connectivity index (χ2v) is 4.40. The van der Waals surface area contributed by atoms with Gasteiger partial charge in [0.25, 0.3) is 5.91 Å². The second kappa shape index (κ2) is 8.70. The largest absolute Gasteiger partial charge is 0.396 e. The Kier molecular flexibility index (Phi) is 6.90. The number of anilines is 1. The fraction of sp³-hybridized carbons (Fsp3) is 0.357. The van der Waals surface area contributed by atoms with Gasteiger partial charge in [-0.3, -0.25) is 14.4 Å². The van der Waals surface area contributed by atoms with E-state index < -0.39 is 17.7 Å². The van der Waals surface area contributed by atoms with Crippen LogP contribution in [0.15, 0.2) is 24.3 Å². The van der Waals surface area contributed by atoms with Crippen LogP contribution in [0.1, 0.15) is 29.6 Å². The van der Waals surface area contributed by atoms with Crippen LogP contribution in [0.2, 0.25) is 0 Å². The number of hydrogen-bond donors (Lipinski definition) is 4. The van der Waals surface area contributed by atoms with Gasteiger partial charge in [-0.1, -0.05) is 12.1 Å². The summed E-state index contributed by atoms with van der Waals surface area (Å²) >= 11 is 0. The third kappa shape index (κ3) is 5.62. The molecule has 0 aliphatic heterocycles. The summed E-state index contributed by atoms with van der Waals surface area (Å²) in [5, 5.41) is 13.4. The first-order valence-corrected chi connectivity index (χ1v) is 6.65. The van der Waals surface area contributed by atoms with Crippen molar-refractivity contribution in [3.63, 3.8) is 0 Å². The van der Waals surface area contributed by atoms with E-state index in [9.17, 15) is 14.4 Å². The fourth-order valence-corrected chi connectivity index (χ4v) is 1.68. The highest BCUT2D eigenvalue weighted by molar-refractivity contribution is 6.40. The lowest BCUT2D eigenvalue weighted by Gasteiger charge is -2.09. The molecule has 0 saturated heterocycles. The Morgan fingerprint density at radius 3 is 2.43 bits per heavy atom. The summed E-state index contributed by atoms with van der Waals surface area (Å²) in [6.07, 6.45) is 2.11. The van der Waals surface area contributed by atoms with Crippen LogP contribution in [0, 0.1) is 0 Å². The Morgan fingerprint density at radius 2 is 1.76 bits per heavy atom. The molecule has 1 rings (SSSR count). The monoisotopic (exact) mass is 293 g/mol. The van der Waals surface area contributed by atoms with Gasteiger partial charge in [0.1, 0.15) is 0 Å². The Balaban J connectivity index is 2.49. The molecule has 21 heavy (non-hydrogen) atoms. The van der Waals surface area contributed by atoms with Gasteiger partial charge in [-0.2, -0.15) is 0 Å². The SMILES string of the molecule is NC(=O)c1ccccc1NC(=O)C(=O)NCCCCCO. The maximum Gasteiger partial charge on any atom is 0.313 e. The quantitative estimate of drug-likeness (QED) is 0.417. The molecule has 7 heteroatoms. The molecule has 0 bridgehead atoms. The van der Waals surface area contributed by atoms with E-state index in [0.717, 1.165) is 6.42 Å². The van der Waals surface area contributed by atoms with Gasteiger partial charge in [-0.05, 0) is 31.4 Å². The number of nitrogens with one attached hydrogen (secondary N) is 2. The summed E-state index contributed by atoms with van der Waals surface area (Å²) in [7, 11) is 0. The van der Waals surface area contributed by atoms with Crippen molar-refractivity contribution in [3.05, 3.63) is 29.8 Å². The molecule has 0 aliphatic carbocycles. The van der Waals surface area contributed by atoms with E-state index >= 15 is 0 Å². The molecule has 5 N–H and O–H groups in total. The number of nitrogens with two attached hydrogens (primary N) is 1. The molecule has 0 radical (unpaired) electrons. The van der Waals surface area contributed by atoms with Gasteiger partial charge in [0.05, 0.1) is 11.3 Å². The molecule has 0 spiro atoms. The molecule has 114 valence electrons. The van der Waals surface area contributed by atoms with Crippen LogP contribution < -0.4 is 16.4 Å². The van der Waals surface area contributed by atoms with Crippen molar-refractivity contribution >= 4 is 23.4 Å². The molecular weight excluding hydrogens is 274 g/mol. The number of aliphatic hydroxyl groups excluding tert-OH is 1. The van der Waals surface area contributed by atoms with E-state index in [2.05, 4.69) is 10.6 Å². The van der Waals surface area contributed by atoms with Gasteiger partial charge in [0, 0.05) is 13.2 Å². The predicted molar refractivity (Wildman–Crippen MR) is 77.5 cm³/mol. The molecular formula is C14H19N3O4. The molecule has 0 unspecified atom stereocenters. The van der Waals surface area contributed by atoms with Crippen LogP contribution >= 0.6 is 0 Å². The van der Waals surface area contributed by atoms with E-state index in [1.54, 1.807) is 12.1 Å². The van der Waals surface area contributed by atoms with Gasteiger partial charge in [0.15, 0.2) is 0 Å². The number of carbonyl (C=O) groups excluding carboxylic acids is 3. The van der Waals surface area contributed by atoms with Gasteiger partial charge in [-0.15, -0.1) is 0 Å².